The molecular weight excluding hydrogens is 206 g/mol. The molecule has 0 aliphatic carbocycles. The van der Waals surface area contributed by atoms with E-state index in [1.165, 1.54) is 12.8 Å². The molecule has 0 aromatic rings. The van der Waals surface area contributed by atoms with Crippen molar-refractivity contribution in [3.8, 4) is 0 Å². The minimum absolute atomic E-state index is 0.137. The predicted octanol–water partition coefficient (Wildman–Crippen LogP) is 2.74. The molecule has 1 aliphatic rings. The minimum Gasteiger partial charge on any atom is -0.342 e. The van der Waals surface area contributed by atoms with E-state index in [1.807, 2.05) is 4.90 Å². The van der Waals surface area contributed by atoms with Crippen LogP contribution in [0.1, 0.15) is 46.0 Å². The summed E-state index contributed by atoms with van der Waals surface area (Å²) in [5.74, 6) is 1.17. The monoisotopic (exact) mass is 229 g/mol. The second-order valence-electron chi connectivity index (χ2n) is 5.30. The Bertz CT molecular complexity index is 216. The van der Waals surface area contributed by atoms with Crippen LogP contribution in [0.2, 0.25) is 0 Å². The van der Waals surface area contributed by atoms with Gasteiger partial charge >= 0.3 is 0 Å². The molecule has 1 saturated heterocycles. The third kappa shape index (κ3) is 4.45. The molecule has 3 heteroatoms. The Balaban J connectivity index is 2.52. The van der Waals surface area contributed by atoms with Crippen molar-refractivity contribution in [2.45, 2.75) is 46.0 Å². The van der Waals surface area contributed by atoms with Crippen LogP contribution in [-0.2, 0) is 4.79 Å². The first-order chi connectivity index (χ1) is 7.05. The minimum atomic E-state index is 0.137. The molecule has 2 nitrogen and oxygen atoms in total. The van der Waals surface area contributed by atoms with Gasteiger partial charge in [-0.3, -0.25) is 4.79 Å². The number of rotatable bonds is 3. The molecule has 0 radical (unpaired) electrons. The van der Waals surface area contributed by atoms with Gasteiger partial charge in [-0.15, -0.1) is 0 Å². The molecule has 0 unspecified atom stereocenters. The highest BCUT2D eigenvalue weighted by Gasteiger charge is 2.23. The summed E-state index contributed by atoms with van der Waals surface area (Å²) in [6.45, 7) is 6.14. The summed E-state index contributed by atoms with van der Waals surface area (Å²) in [4.78, 5) is 13.9. The smallest absolute Gasteiger partial charge is 0.222 e. The number of carbonyl (C=O) groups is 1. The molecule has 0 bridgehead atoms. The number of thiol groups is 1. The van der Waals surface area contributed by atoms with Crippen molar-refractivity contribution in [2.75, 3.05) is 18.8 Å². The van der Waals surface area contributed by atoms with Crippen LogP contribution >= 0.6 is 12.6 Å². The predicted molar refractivity (Wildman–Crippen MR) is 67.3 cm³/mol. The fraction of sp³-hybridized carbons (Fsp3) is 0.917. The SMILES string of the molecule is CC(C)(CS)CN1CCCCCCC1=O. The number of hydrogen-bond donors (Lipinski definition) is 1. The molecule has 88 valence electrons. The van der Waals surface area contributed by atoms with Gasteiger partial charge in [0.2, 0.25) is 5.91 Å². The molecule has 1 aliphatic heterocycles. The Labute approximate surface area is 98.8 Å². The normalized spacial score (nSPS) is 19.9. The van der Waals surface area contributed by atoms with Crippen molar-refractivity contribution >= 4 is 18.5 Å². The fourth-order valence-corrected chi connectivity index (χ4v) is 2.05. The van der Waals surface area contributed by atoms with Crippen LogP contribution in [-0.4, -0.2) is 29.6 Å². The van der Waals surface area contributed by atoms with Crippen LogP contribution in [0.3, 0.4) is 0 Å². The van der Waals surface area contributed by atoms with Crippen molar-refractivity contribution in [3.05, 3.63) is 0 Å². The van der Waals surface area contributed by atoms with Gasteiger partial charge in [-0.1, -0.05) is 26.7 Å². The first kappa shape index (κ1) is 12.9. The Morgan fingerprint density at radius 2 is 1.93 bits per heavy atom. The summed E-state index contributed by atoms with van der Waals surface area (Å²) < 4.78 is 0. The molecule has 0 atom stereocenters. The second-order valence-corrected chi connectivity index (χ2v) is 5.62. The van der Waals surface area contributed by atoms with E-state index in [4.69, 9.17) is 0 Å². The second kappa shape index (κ2) is 5.78. The Morgan fingerprint density at radius 3 is 2.60 bits per heavy atom. The third-order valence-electron chi connectivity index (χ3n) is 2.97. The number of hydrogen-bond acceptors (Lipinski definition) is 2. The van der Waals surface area contributed by atoms with Crippen LogP contribution < -0.4 is 0 Å². The molecule has 1 amide bonds. The highest BCUT2D eigenvalue weighted by atomic mass is 32.1. The Morgan fingerprint density at radius 1 is 1.27 bits per heavy atom. The molecule has 0 spiro atoms. The lowest BCUT2D eigenvalue weighted by Crippen LogP contribution is -2.40. The van der Waals surface area contributed by atoms with E-state index in [0.717, 1.165) is 38.1 Å². The lowest BCUT2D eigenvalue weighted by atomic mass is 9.94. The highest BCUT2D eigenvalue weighted by molar-refractivity contribution is 7.80. The van der Waals surface area contributed by atoms with Gasteiger partial charge < -0.3 is 4.90 Å². The average molecular weight is 229 g/mol. The molecule has 1 rings (SSSR count). The number of amides is 1. The number of likely N-dealkylation sites (tertiary alicyclic amines) is 1. The van der Waals surface area contributed by atoms with Crippen molar-refractivity contribution in [1.29, 1.82) is 0 Å². The largest absolute Gasteiger partial charge is 0.342 e. The summed E-state index contributed by atoms with van der Waals surface area (Å²) in [7, 11) is 0. The van der Waals surface area contributed by atoms with E-state index in [2.05, 4.69) is 26.5 Å². The van der Waals surface area contributed by atoms with E-state index in [0.29, 0.717) is 5.91 Å². The topological polar surface area (TPSA) is 20.3 Å². The van der Waals surface area contributed by atoms with Gasteiger partial charge in [0.1, 0.15) is 0 Å². The van der Waals surface area contributed by atoms with Crippen molar-refractivity contribution in [2.24, 2.45) is 5.41 Å². The van der Waals surface area contributed by atoms with Gasteiger partial charge in [-0.2, -0.15) is 12.6 Å². The van der Waals surface area contributed by atoms with Crippen LogP contribution in [0.4, 0.5) is 0 Å². The quantitative estimate of drug-likeness (QED) is 0.738. The fourth-order valence-electron chi connectivity index (χ4n) is 1.95. The Kier molecular flexibility index (Phi) is 4.97. The van der Waals surface area contributed by atoms with E-state index in [-0.39, 0.29) is 5.41 Å². The molecular formula is C12H23NOS. The molecule has 15 heavy (non-hydrogen) atoms. The molecule has 0 aromatic heterocycles. The number of carbonyl (C=O) groups excluding carboxylic acids is 1. The van der Waals surface area contributed by atoms with Crippen molar-refractivity contribution in [1.82, 2.24) is 4.90 Å². The van der Waals surface area contributed by atoms with Crippen molar-refractivity contribution in [3.63, 3.8) is 0 Å². The maximum absolute atomic E-state index is 11.9. The maximum atomic E-state index is 11.9. The van der Waals surface area contributed by atoms with Crippen molar-refractivity contribution < 1.29 is 4.79 Å². The lowest BCUT2D eigenvalue weighted by molar-refractivity contribution is -0.133. The molecule has 1 heterocycles. The third-order valence-corrected chi connectivity index (χ3v) is 3.82. The summed E-state index contributed by atoms with van der Waals surface area (Å²) in [5.41, 5.74) is 0.137. The van der Waals surface area contributed by atoms with E-state index in [9.17, 15) is 4.79 Å². The van der Waals surface area contributed by atoms with Crippen LogP contribution in [0.15, 0.2) is 0 Å². The first-order valence-electron chi connectivity index (χ1n) is 5.94. The van der Waals surface area contributed by atoms with Gasteiger partial charge in [0.15, 0.2) is 0 Å². The van der Waals surface area contributed by atoms with E-state index >= 15 is 0 Å². The zero-order valence-corrected chi connectivity index (χ0v) is 10.9. The van der Waals surface area contributed by atoms with Gasteiger partial charge in [-0.05, 0) is 24.0 Å². The van der Waals surface area contributed by atoms with Gasteiger partial charge in [0.25, 0.3) is 0 Å². The first-order valence-corrected chi connectivity index (χ1v) is 6.57. The summed E-state index contributed by atoms with van der Waals surface area (Å²) in [5, 5.41) is 0. The zero-order chi connectivity index (χ0) is 11.3. The molecule has 0 aromatic carbocycles. The standard InChI is InChI=1S/C12H23NOS/c1-12(2,10-15)9-13-8-6-4-3-5-7-11(13)14/h15H,3-10H2,1-2H3. The molecule has 0 N–H and O–H groups in total. The molecule has 0 saturated carbocycles. The summed E-state index contributed by atoms with van der Waals surface area (Å²) in [6, 6.07) is 0. The van der Waals surface area contributed by atoms with Crippen LogP contribution in [0, 0.1) is 5.41 Å². The van der Waals surface area contributed by atoms with Crippen LogP contribution in [0.5, 0.6) is 0 Å². The lowest BCUT2D eigenvalue weighted by Gasteiger charge is -2.32. The van der Waals surface area contributed by atoms with Gasteiger partial charge in [0, 0.05) is 19.5 Å². The summed E-state index contributed by atoms with van der Waals surface area (Å²) >= 11 is 4.34. The van der Waals surface area contributed by atoms with E-state index < -0.39 is 0 Å². The average Bonchev–Trinajstić information content (AvgIpc) is 2.18. The molecule has 1 fully saturated rings. The highest BCUT2D eigenvalue weighted by Crippen LogP contribution is 2.21. The van der Waals surface area contributed by atoms with E-state index in [1.54, 1.807) is 0 Å². The maximum Gasteiger partial charge on any atom is 0.222 e. The van der Waals surface area contributed by atoms with Crippen LogP contribution in [0.25, 0.3) is 0 Å². The zero-order valence-electron chi connectivity index (χ0n) is 9.96. The Hall–Kier alpha value is -0.180. The van der Waals surface area contributed by atoms with Gasteiger partial charge in [-0.25, -0.2) is 0 Å². The van der Waals surface area contributed by atoms with Gasteiger partial charge in [0.05, 0.1) is 0 Å². The number of nitrogens with zero attached hydrogens (tertiary/aromatic N) is 1. The summed E-state index contributed by atoms with van der Waals surface area (Å²) in [6.07, 6.45) is 5.45.